The molecule has 0 aromatic heterocycles. The van der Waals surface area contributed by atoms with Gasteiger partial charge < -0.3 is 34.8 Å². The normalized spacial score (nSPS) is 24.4. The maximum Gasteiger partial charge on any atom is 0.313 e. The molecular weight excluding hydrogens is 506 g/mol. The minimum Gasteiger partial charge on any atom is -0.481 e. The summed E-state index contributed by atoms with van der Waals surface area (Å²) in [5.41, 5.74) is 3.73. The van der Waals surface area contributed by atoms with Crippen LogP contribution in [0.3, 0.4) is 0 Å². The lowest BCUT2D eigenvalue weighted by Gasteiger charge is -2.32. The van der Waals surface area contributed by atoms with Gasteiger partial charge in [0, 0.05) is 25.3 Å². The number of fused-ring (bicyclic) bond motifs is 1. The molecular formula is C29H35NO9. The smallest absolute Gasteiger partial charge is 0.313 e. The van der Waals surface area contributed by atoms with Gasteiger partial charge in [-0.3, -0.25) is 14.4 Å². The number of hydrogen-bond donors (Lipinski definition) is 4. The Labute approximate surface area is 226 Å². The van der Waals surface area contributed by atoms with E-state index in [0.29, 0.717) is 19.3 Å². The molecule has 2 aromatic rings. The van der Waals surface area contributed by atoms with Crippen molar-refractivity contribution in [2.45, 2.75) is 69.0 Å². The molecule has 4 N–H and O–H groups in total. The first-order valence-electron chi connectivity index (χ1n) is 13.2. The number of carbonyl (C=O) groups is 3. The Kier molecular flexibility index (Phi) is 10.0. The van der Waals surface area contributed by atoms with Crippen LogP contribution in [-0.2, 0) is 35.0 Å². The Morgan fingerprint density at radius 3 is 2.51 bits per heavy atom. The quantitative estimate of drug-likeness (QED) is 0.248. The monoisotopic (exact) mass is 541 g/mol. The van der Waals surface area contributed by atoms with Crippen LogP contribution in [0.4, 0.5) is 0 Å². The van der Waals surface area contributed by atoms with Gasteiger partial charge in [0.2, 0.25) is 5.91 Å². The van der Waals surface area contributed by atoms with E-state index in [1.165, 1.54) is 0 Å². The number of carbonyl (C=O) groups excluding carboxylic acids is 2. The van der Waals surface area contributed by atoms with E-state index in [0.717, 1.165) is 22.3 Å². The van der Waals surface area contributed by atoms with E-state index in [4.69, 9.17) is 19.3 Å². The number of rotatable bonds is 11. The zero-order valence-corrected chi connectivity index (χ0v) is 21.7. The maximum atomic E-state index is 13.3. The van der Waals surface area contributed by atoms with Crippen molar-refractivity contribution < 1.29 is 43.9 Å². The van der Waals surface area contributed by atoms with E-state index in [1.807, 2.05) is 48.5 Å². The number of benzene rings is 2. The van der Waals surface area contributed by atoms with E-state index in [-0.39, 0.29) is 51.0 Å². The summed E-state index contributed by atoms with van der Waals surface area (Å²) in [6, 6.07) is 15.4. The van der Waals surface area contributed by atoms with Crippen molar-refractivity contribution in [3.8, 4) is 11.1 Å². The summed E-state index contributed by atoms with van der Waals surface area (Å²) in [4.78, 5) is 36.4. The fourth-order valence-electron chi connectivity index (χ4n) is 5.12. The molecule has 4 rings (SSSR count). The zero-order chi connectivity index (χ0) is 27.8. The molecule has 2 aliphatic rings. The van der Waals surface area contributed by atoms with Crippen LogP contribution in [-0.4, -0.2) is 77.5 Å². The Balaban J connectivity index is 1.42. The molecule has 0 radical (unpaired) electrons. The van der Waals surface area contributed by atoms with Crippen molar-refractivity contribution >= 4 is 17.8 Å². The third-order valence-electron chi connectivity index (χ3n) is 7.01. The van der Waals surface area contributed by atoms with Crippen molar-refractivity contribution in [3.05, 3.63) is 59.7 Å². The minimum atomic E-state index is -1.05. The number of carboxylic acid groups (broad SMARTS) is 1. The third-order valence-corrected chi connectivity index (χ3v) is 7.01. The molecule has 1 amide bonds. The average molecular weight is 542 g/mol. The number of ether oxygens (including phenoxy) is 3. The molecule has 1 fully saturated rings. The molecule has 0 bridgehead atoms. The molecule has 0 spiro atoms. The number of aliphatic hydroxyl groups is 2. The van der Waals surface area contributed by atoms with Crippen LogP contribution in [0.15, 0.2) is 48.5 Å². The van der Waals surface area contributed by atoms with Crippen molar-refractivity contribution in [3.63, 3.8) is 0 Å². The lowest BCUT2D eigenvalue weighted by molar-refractivity contribution is -0.225. The Hall–Kier alpha value is -3.31. The number of aliphatic carboxylic acids is 1. The zero-order valence-electron chi connectivity index (χ0n) is 21.7. The number of esters is 1. The first-order chi connectivity index (χ1) is 18.8. The molecule has 1 aliphatic heterocycles. The second kappa shape index (κ2) is 13.7. The summed E-state index contributed by atoms with van der Waals surface area (Å²) in [5.74, 6) is -2.50. The topological polar surface area (TPSA) is 152 Å². The summed E-state index contributed by atoms with van der Waals surface area (Å²) in [6.07, 6.45) is -0.778. The molecule has 210 valence electrons. The van der Waals surface area contributed by atoms with Crippen LogP contribution >= 0.6 is 0 Å². The van der Waals surface area contributed by atoms with Gasteiger partial charge in [-0.1, -0.05) is 48.5 Å². The standard InChI is InChI=1S/C29H35NO9/c31-17-23-15-22(32)16-28(39-23)37-10-11-38-29(36)25-14-21(30-26(33)8-9-27(34)35)12-20-7-6-19(13-24(20)25)18-4-2-1-3-5-18/h1-7,13,21-23,25,28,31-32H,8-12,14-17H2,(H,30,33)(H,34,35). The molecule has 5 atom stereocenters. The first-order valence-corrected chi connectivity index (χ1v) is 13.2. The molecule has 0 saturated carbocycles. The fourth-order valence-corrected chi connectivity index (χ4v) is 5.12. The number of aliphatic hydroxyl groups excluding tert-OH is 2. The van der Waals surface area contributed by atoms with E-state index in [2.05, 4.69) is 5.32 Å². The molecule has 10 nitrogen and oxygen atoms in total. The van der Waals surface area contributed by atoms with E-state index < -0.39 is 36.4 Å². The summed E-state index contributed by atoms with van der Waals surface area (Å²) in [6.45, 7) is -0.190. The number of amides is 1. The second-order valence-electron chi connectivity index (χ2n) is 9.96. The van der Waals surface area contributed by atoms with Gasteiger partial charge in [-0.05, 0) is 35.1 Å². The van der Waals surface area contributed by atoms with Gasteiger partial charge in [-0.2, -0.15) is 0 Å². The highest BCUT2D eigenvalue weighted by atomic mass is 16.7. The molecule has 39 heavy (non-hydrogen) atoms. The van der Waals surface area contributed by atoms with Crippen LogP contribution in [0.25, 0.3) is 11.1 Å². The fraction of sp³-hybridized carbons (Fsp3) is 0.483. The minimum absolute atomic E-state index is 0.0293. The Bertz CT molecular complexity index is 1140. The second-order valence-corrected chi connectivity index (χ2v) is 9.96. The highest BCUT2D eigenvalue weighted by Crippen LogP contribution is 2.36. The summed E-state index contributed by atoms with van der Waals surface area (Å²) in [5, 5.41) is 31.0. The van der Waals surface area contributed by atoms with Gasteiger partial charge in [0.05, 0.1) is 37.8 Å². The van der Waals surface area contributed by atoms with Crippen molar-refractivity contribution in [2.75, 3.05) is 19.8 Å². The first kappa shape index (κ1) is 28.7. The summed E-state index contributed by atoms with van der Waals surface area (Å²) in [7, 11) is 0. The molecule has 10 heteroatoms. The number of nitrogens with one attached hydrogen (secondary N) is 1. The molecule has 2 aromatic carbocycles. The van der Waals surface area contributed by atoms with Crippen LogP contribution in [0, 0.1) is 0 Å². The number of hydrogen-bond acceptors (Lipinski definition) is 8. The van der Waals surface area contributed by atoms with Gasteiger partial charge in [0.1, 0.15) is 6.61 Å². The predicted molar refractivity (Wildman–Crippen MR) is 140 cm³/mol. The molecule has 1 aliphatic carbocycles. The molecule has 5 unspecified atom stereocenters. The van der Waals surface area contributed by atoms with Gasteiger partial charge in [-0.25, -0.2) is 0 Å². The predicted octanol–water partition coefficient (Wildman–Crippen LogP) is 2.15. The van der Waals surface area contributed by atoms with Crippen LogP contribution in [0.5, 0.6) is 0 Å². The highest BCUT2D eigenvalue weighted by Gasteiger charge is 2.34. The SMILES string of the molecule is O=C(O)CCC(=O)NC1Cc2ccc(-c3ccccc3)cc2C(C(=O)OCCOC2CC(O)CC(CO)O2)C1. The Morgan fingerprint density at radius 1 is 0.974 bits per heavy atom. The maximum absolute atomic E-state index is 13.3. The van der Waals surface area contributed by atoms with Gasteiger partial charge in [-0.15, -0.1) is 0 Å². The van der Waals surface area contributed by atoms with Crippen LogP contribution in [0.2, 0.25) is 0 Å². The van der Waals surface area contributed by atoms with Crippen LogP contribution < -0.4 is 5.32 Å². The Morgan fingerprint density at radius 2 is 1.77 bits per heavy atom. The van der Waals surface area contributed by atoms with Crippen molar-refractivity contribution in [2.24, 2.45) is 0 Å². The van der Waals surface area contributed by atoms with Gasteiger partial charge in [0.25, 0.3) is 0 Å². The van der Waals surface area contributed by atoms with E-state index in [9.17, 15) is 24.6 Å². The van der Waals surface area contributed by atoms with Crippen molar-refractivity contribution in [1.82, 2.24) is 5.32 Å². The van der Waals surface area contributed by atoms with Crippen molar-refractivity contribution in [1.29, 1.82) is 0 Å². The van der Waals surface area contributed by atoms with Gasteiger partial charge in [0.15, 0.2) is 6.29 Å². The number of carboxylic acids is 1. The summed E-state index contributed by atoms with van der Waals surface area (Å²) >= 11 is 0. The molecule has 1 heterocycles. The van der Waals surface area contributed by atoms with Crippen LogP contribution in [0.1, 0.15) is 49.1 Å². The van der Waals surface area contributed by atoms with E-state index in [1.54, 1.807) is 0 Å². The largest absolute Gasteiger partial charge is 0.481 e. The van der Waals surface area contributed by atoms with E-state index >= 15 is 0 Å². The summed E-state index contributed by atoms with van der Waals surface area (Å²) < 4.78 is 16.7. The molecule has 1 saturated heterocycles. The third kappa shape index (κ3) is 8.09. The lowest BCUT2D eigenvalue weighted by Crippen LogP contribution is -2.42. The van der Waals surface area contributed by atoms with Gasteiger partial charge >= 0.3 is 11.9 Å². The average Bonchev–Trinajstić information content (AvgIpc) is 2.93. The highest BCUT2D eigenvalue weighted by molar-refractivity contribution is 5.82. The lowest BCUT2D eigenvalue weighted by atomic mass is 9.79.